The maximum absolute atomic E-state index is 12.7. The van der Waals surface area contributed by atoms with Gasteiger partial charge in [0.2, 0.25) is 0 Å². The van der Waals surface area contributed by atoms with Crippen molar-refractivity contribution in [3.8, 4) is 0 Å². The van der Waals surface area contributed by atoms with Crippen molar-refractivity contribution in [2.75, 3.05) is 13.2 Å². The van der Waals surface area contributed by atoms with Crippen LogP contribution in [0.5, 0.6) is 0 Å². The molecule has 0 aliphatic carbocycles. The van der Waals surface area contributed by atoms with Gasteiger partial charge in [0.25, 0.3) is 0 Å². The van der Waals surface area contributed by atoms with Gasteiger partial charge in [-0.1, -0.05) is 43.7 Å². The summed E-state index contributed by atoms with van der Waals surface area (Å²) in [4.78, 5) is 24.6. The lowest BCUT2D eigenvalue weighted by atomic mass is 9.70. The van der Waals surface area contributed by atoms with Crippen LogP contribution in [0.15, 0.2) is 24.3 Å². The molecule has 2 rings (SSSR count). The number of hydrogen-bond donors (Lipinski definition) is 1. The van der Waals surface area contributed by atoms with E-state index in [9.17, 15) is 9.59 Å². The highest BCUT2D eigenvalue weighted by Gasteiger charge is 2.47. The van der Waals surface area contributed by atoms with Gasteiger partial charge in [0.05, 0.1) is 6.61 Å². The van der Waals surface area contributed by atoms with Crippen LogP contribution in [-0.2, 0) is 20.7 Å². The first-order valence-corrected chi connectivity index (χ1v) is 7.86. The van der Waals surface area contributed by atoms with Crippen LogP contribution in [-0.4, -0.2) is 30.9 Å². The zero-order valence-electron chi connectivity index (χ0n) is 13.8. The largest absolute Gasteiger partial charge is 0.465 e. The number of benzene rings is 1. The molecular formula is C18H25NO3. The van der Waals surface area contributed by atoms with Gasteiger partial charge in [-0.2, -0.15) is 0 Å². The molecule has 0 radical (unpaired) electrons. The predicted molar refractivity (Wildman–Crippen MR) is 85.6 cm³/mol. The minimum Gasteiger partial charge on any atom is -0.465 e. The Morgan fingerprint density at radius 3 is 2.55 bits per heavy atom. The molecule has 120 valence electrons. The molecule has 1 saturated heterocycles. The second-order valence-electron chi connectivity index (χ2n) is 6.54. The van der Waals surface area contributed by atoms with Crippen molar-refractivity contribution in [1.29, 1.82) is 0 Å². The van der Waals surface area contributed by atoms with Crippen LogP contribution in [0.4, 0.5) is 0 Å². The van der Waals surface area contributed by atoms with Crippen molar-refractivity contribution < 1.29 is 14.3 Å². The van der Waals surface area contributed by atoms with Crippen molar-refractivity contribution >= 4 is 11.8 Å². The van der Waals surface area contributed by atoms with Gasteiger partial charge in [-0.3, -0.25) is 9.59 Å². The van der Waals surface area contributed by atoms with E-state index >= 15 is 0 Å². The smallest absolute Gasteiger partial charge is 0.317 e. The van der Waals surface area contributed by atoms with E-state index in [0.29, 0.717) is 13.2 Å². The lowest BCUT2D eigenvalue weighted by molar-refractivity contribution is -0.156. The van der Waals surface area contributed by atoms with Crippen LogP contribution in [0.3, 0.4) is 0 Å². The highest BCUT2D eigenvalue weighted by atomic mass is 16.5. The third-order valence-electron chi connectivity index (χ3n) is 4.52. The Kier molecular flexibility index (Phi) is 5.01. The number of piperidine rings is 1. The predicted octanol–water partition coefficient (Wildman–Crippen LogP) is 2.28. The number of carbonyl (C=O) groups is 2. The molecule has 1 aliphatic heterocycles. The van der Waals surface area contributed by atoms with E-state index < -0.39 is 17.3 Å². The molecule has 1 aliphatic rings. The van der Waals surface area contributed by atoms with Gasteiger partial charge < -0.3 is 10.1 Å². The fourth-order valence-corrected chi connectivity index (χ4v) is 2.95. The average molecular weight is 303 g/mol. The first-order chi connectivity index (χ1) is 10.4. The van der Waals surface area contributed by atoms with E-state index in [1.807, 2.05) is 13.8 Å². The highest BCUT2D eigenvalue weighted by Crippen LogP contribution is 2.32. The summed E-state index contributed by atoms with van der Waals surface area (Å²) in [6, 6.07) is 8.36. The zero-order chi connectivity index (χ0) is 16.3. The summed E-state index contributed by atoms with van der Waals surface area (Å²) in [5.74, 6) is -1.13. The minimum atomic E-state index is -0.691. The normalized spacial score (nSPS) is 24.1. The first-order valence-electron chi connectivity index (χ1n) is 7.86. The zero-order valence-corrected chi connectivity index (χ0v) is 13.8. The number of aryl methyl sites for hydroxylation is 1. The van der Waals surface area contributed by atoms with E-state index in [0.717, 1.165) is 6.42 Å². The Labute approximate surface area is 132 Å². The van der Waals surface area contributed by atoms with Gasteiger partial charge in [-0.25, -0.2) is 0 Å². The summed E-state index contributed by atoms with van der Waals surface area (Å²) < 4.78 is 5.01. The summed E-state index contributed by atoms with van der Waals surface area (Å²) in [6.45, 7) is 8.29. The summed E-state index contributed by atoms with van der Waals surface area (Å²) in [7, 11) is 0. The Hall–Kier alpha value is -1.68. The van der Waals surface area contributed by atoms with Crippen LogP contribution >= 0.6 is 0 Å². The van der Waals surface area contributed by atoms with Crippen LogP contribution in [0, 0.1) is 18.3 Å². The van der Waals surface area contributed by atoms with Crippen molar-refractivity contribution in [1.82, 2.24) is 5.32 Å². The SMILES string of the molecule is CCOC(=O)C1CNC(Cc2ccc(C)cc2)C(C)(C)C1=O. The molecule has 22 heavy (non-hydrogen) atoms. The molecule has 2 atom stereocenters. The monoisotopic (exact) mass is 303 g/mol. The highest BCUT2D eigenvalue weighted by molar-refractivity contribution is 6.03. The molecule has 1 aromatic carbocycles. The molecule has 1 fully saturated rings. The fourth-order valence-electron chi connectivity index (χ4n) is 2.95. The number of rotatable bonds is 4. The number of ketones is 1. The van der Waals surface area contributed by atoms with E-state index in [2.05, 4.69) is 36.5 Å². The number of Topliss-reactive ketones (excluding diaryl/α,β-unsaturated/α-hetero) is 1. The van der Waals surface area contributed by atoms with Crippen LogP contribution < -0.4 is 5.32 Å². The van der Waals surface area contributed by atoms with Gasteiger partial charge in [0.15, 0.2) is 5.78 Å². The number of hydrogen-bond acceptors (Lipinski definition) is 4. The molecule has 2 unspecified atom stereocenters. The van der Waals surface area contributed by atoms with Crippen molar-refractivity contribution in [3.05, 3.63) is 35.4 Å². The Balaban J connectivity index is 2.11. The van der Waals surface area contributed by atoms with E-state index in [-0.39, 0.29) is 11.8 Å². The van der Waals surface area contributed by atoms with E-state index in [1.165, 1.54) is 11.1 Å². The van der Waals surface area contributed by atoms with Crippen LogP contribution in [0.2, 0.25) is 0 Å². The molecule has 1 aromatic rings. The molecule has 0 aromatic heterocycles. The molecule has 4 nitrogen and oxygen atoms in total. The summed E-state index contributed by atoms with van der Waals surface area (Å²) in [5, 5.41) is 3.37. The molecule has 0 spiro atoms. The molecule has 0 amide bonds. The van der Waals surface area contributed by atoms with E-state index in [1.54, 1.807) is 6.92 Å². The van der Waals surface area contributed by atoms with Crippen molar-refractivity contribution in [2.24, 2.45) is 11.3 Å². The standard InChI is InChI=1S/C18H25NO3/c1-5-22-17(21)14-11-19-15(18(3,4)16(14)20)10-13-8-6-12(2)7-9-13/h6-9,14-15,19H,5,10-11H2,1-4H3. The van der Waals surface area contributed by atoms with Gasteiger partial charge in [0, 0.05) is 18.0 Å². The maximum atomic E-state index is 12.7. The molecule has 4 heteroatoms. The summed E-state index contributed by atoms with van der Waals surface area (Å²) >= 11 is 0. The van der Waals surface area contributed by atoms with Crippen molar-refractivity contribution in [2.45, 2.75) is 40.2 Å². The van der Waals surface area contributed by atoms with Crippen LogP contribution in [0.1, 0.15) is 31.9 Å². The topological polar surface area (TPSA) is 55.4 Å². The lowest BCUT2D eigenvalue weighted by Gasteiger charge is -2.41. The Bertz CT molecular complexity index is 548. The number of ether oxygens (including phenoxy) is 1. The molecule has 1 N–H and O–H groups in total. The number of carbonyl (C=O) groups excluding carboxylic acids is 2. The molecule has 0 saturated carbocycles. The van der Waals surface area contributed by atoms with Gasteiger partial charge in [0.1, 0.15) is 5.92 Å². The first kappa shape index (κ1) is 16.7. The third kappa shape index (κ3) is 3.38. The Morgan fingerprint density at radius 2 is 1.95 bits per heavy atom. The second-order valence-corrected chi connectivity index (χ2v) is 6.54. The van der Waals surface area contributed by atoms with Gasteiger partial charge >= 0.3 is 5.97 Å². The third-order valence-corrected chi connectivity index (χ3v) is 4.52. The van der Waals surface area contributed by atoms with Gasteiger partial charge in [-0.05, 0) is 25.8 Å². The molecule has 0 bridgehead atoms. The molecule has 1 heterocycles. The van der Waals surface area contributed by atoms with E-state index in [4.69, 9.17) is 4.74 Å². The summed E-state index contributed by atoms with van der Waals surface area (Å²) in [6.07, 6.45) is 0.772. The summed E-state index contributed by atoms with van der Waals surface area (Å²) in [5.41, 5.74) is 1.82. The fraction of sp³-hybridized carbons (Fsp3) is 0.556. The van der Waals surface area contributed by atoms with Gasteiger partial charge in [-0.15, -0.1) is 0 Å². The van der Waals surface area contributed by atoms with Crippen LogP contribution in [0.25, 0.3) is 0 Å². The average Bonchev–Trinajstić information content (AvgIpc) is 2.47. The van der Waals surface area contributed by atoms with Crippen molar-refractivity contribution in [3.63, 3.8) is 0 Å². The Morgan fingerprint density at radius 1 is 1.32 bits per heavy atom. The maximum Gasteiger partial charge on any atom is 0.317 e. The number of nitrogens with one attached hydrogen (secondary N) is 1. The minimum absolute atomic E-state index is 0.0217. The number of esters is 1. The quantitative estimate of drug-likeness (QED) is 0.685. The lowest BCUT2D eigenvalue weighted by Crippen LogP contribution is -2.59. The molecular weight excluding hydrogens is 278 g/mol. The second kappa shape index (κ2) is 6.61.